The Labute approximate surface area is 90.4 Å². The van der Waals surface area contributed by atoms with Gasteiger partial charge in [0, 0.05) is 17.2 Å². The predicted octanol–water partition coefficient (Wildman–Crippen LogP) is 3.00. The van der Waals surface area contributed by atoms with E-state index in [1.165, 1.54) is 11.8 Å². The van der Waals surface area contributed by atoms with E-state index in [0.29, 0.717) is 5.75 Å². The first-order valence-electron chi connectivity index (χ1n) is 4.01. The van der Waals surface area contributed by atoms with Gasteiger partial charge in [-0.25, -0.2) is 8.78 Å². The van der Waals surface area contributed by atoms with Crippen molar-refractivity contribution in [2.45, 2.75) is 4.90 Å². The fourth-order valence-corrected chi connectivity index (χ4v) is 2.54. The maximum Gasteiger partial charge on any atom is 0.141 e. The van der Waals surface area contributed by atoms with E-state index in [2.05, 4.69) is 0 Å². The number of anilines is 1. The van der Waals surface area contributed by atoms with E-state index in [1.54, 1.807) is 11.8 Å². The molecule has 0 saturated carbocycles. The molecular weight excluding hydrogens is 224 g/mol. The Morgan fingerprint density at radius 3 is 2.29 bits per heavy atom. The zero-order valence-corrected chi connectivity index (χ0v) is 9.35. The molecule has 0 bridgehead atoms. The molecule has 0 saturated heterocycles. The van der Waals surface area contributed by atoms with Gasteiger partial charge in [-0.15, -0.1) is 11.8 Å². The number of thioether (sulfide) groups is 2. The Morgan fingerprint density at radius 1 is 1.21 bits per heavy atom. The summed E-state index contributed by atoms with van der Waals surface area (Å²) >= 11 is 2.83. The number of benzene rings is 1. The van der Waals surface area contributed by atoms with Gasteiger partial charge in [0.25, 0.3) is 0 Å². The maximum atomic E-state index is 13.2. The molecule has 1 aromatic carbocycles. The van der Waals surface area contributed by atoms with Gasteiger partial charge in [0.15, 0.2) is 0 Å². The molecule has 0 amide bonds. The van der Waals surface area contributed by atoms with Crippen LogP contribution in [0.4, 0.5) is 14.5 Å². The number of hydrogen-bond acceptors (Lipinski definition) is 3. The van der Waals surface area contributed by atoms with Gasteiger partial charge in [-0.05, 0) is 18.4 Å². The van der Waals surface area contributed by atoms with E-state index in [0.717, 1.165) is 17.9 Å². The van der Waals surface area contributed by atoms with Crippen LogP contribution in [0.15, 0.2) is 17.0 Å². The van der Waals surface area contributed by atoms with Crippen LogP contribution < -0.4 is 5.73 Å². The quantitative estimate of drug-likeness (QED) is 0.493. The van der Waals surface area contributed by atoms with Gasteiger partial charge in [0.2, 0.25) is 0 Å². The molecule has 1 nitrogen and oxygen atoms in total. The van der Waals surface area contributed by atoms with Crippen LogP contribution in [0.2, 0.25) is 0 Å². The maximum absolute atomic E-state index is 13.2. The van der Waals surface area contributed by atoms with Crippen LogP contribution in [0.5, 0.6) is 0 Å². The van der Waals surface area contributed by atoms with E-state index >= 15 is 0 Å². The lowest BCUT2D eigenvalue weighted by Crippen LogP contribution is -1.94. The first-order chi connectivity index (χ1) is 6.65. The second kappa shape index (κ2) is 5.46. The third-order valence-electron chi connectivity index (χ3n) is 1.55. The minimum atomic E-state index is -0.575. The second-order valence-electron chi connectivity index (χ2n) is 2.65. The molecule has 0 fully saturated rings. The first kappa shape index (κ1) is 11.7. The summed E-state index contributed by atoms with van der Waals surface area (Å²) in [6, 6.07) is 2.29. The monoisotopic (exact) mass is 235 g/mol. The van der Waals surface area contributed by atoms with Crippen molar-refractivity contribution < 1.29 is 8.78 Å². The molecule has 0 atom stereocenters. The topological polar surface area (TPSA) is 26.0 Å². The lowest BCUT2D eigenvalue weighted by Gasteiger charge is -2.04. The molecule has 1 aromatic rings. The van der Waals surface area contributed by atoms with Gasteiger partial charge in [0.1, 0.15) is 11.6 Å². The van der Waals surface area contributed by atoms with E-state index < -0.39 is 11.6 Å². The summed E-state index contributed by atoms with van der Waals surface area (Å²) in [6.07, 6.45) is 1.95. The van der Waals surface area contributed by atoms with E-state index in [4.69, 9.17) is 5.73 Å². The van der Waals surface area contributed by atoms with Gasteiger partial charge in [0.05, 0.1) is 4.90 Å². The van der Waals surface area contributed by atoms with Crippen LogP contribution in [0.3, 0.4) is 0 Å². The molecule has 5 heteroatoms. The standard InChI is InChI=1S/C9H11F2NS2/c1-13-2-3-14-9-7(10)4-6(12)5-8(9)11/h4-5H,2-3,12H2,1H3. The molecule has 0 unspecified atom stereocenters. The molecule has 0 aliphatic heterocycles. The zero-order valence-electron chi connectivity index (χ0n) is 7.72. The summed E-state index contributed by atoms with van der Waals surface area (Å²) in [7, 11) is 0. The lowest BCUT2D eigenvalue weighted by atomic mass is 10.3. The van der Waals surface area contributed by atoms with Gasteiger partial charge in [-0.3, -0.25) is 0 Å². The Hall–Kier alpha value is -0.420. The van der Waals surface area contributed by atoms with E-state index in [1.807, 2.05) is 6.26 Å². The van der Waals surface area contributed by atoms with Crippen molar-refractivity contribution in [3.05, 3.63) is 23.8 Å². The van der Waals surface area contributed by atoms with Crippen LogP contribution in [0, 0.1) is 11.6 Å². The van der Waals surface area contributed by atoms with Crippen molar-refractivity contribution in [1.29, 1.82) is 0 Å². The van der Waals surface area contributed by atoms with E-state index in [9.17, 15) is 8.78 Å². The largest absolute Gasteiger partial charge is 0.399 e. The van der Waals surface area contributed by atoms with Gasteiger partial charge in [-0.1, -0.05) is 0 Å². The summed E-state index contributed by atoms with van der Waals surface area (Å²) in [5.74, 6) is 0.412. The minimum Gasteiger partial charge on any atom is -0.399 e. The van der Waals surface area contributed by atoms with Crippen LogP contribution in [0.1, 0.15) is 0 Å². The molecule has 0 aromatic heterocycles. The van der Waals surface area contributed by atoms with Crippen molar-refractivity contribution in [3.63, 3.8) is 0 Å². The molecule has 0 aliphatic carbocycles. The van der Waals surface area contributed by atoms with Crippen LogP contribution in [-0.4, -0.2) is 17.8 Å². The molecule has 0 radical (unpaired) electrons. The Bertz CT molecular complexity index is 295. The third kappa shape index (κ3) is 3.06. The Balaban J connectivity index is 2.75. The fraction of sp³-hybridized carbons (Fsp3) is 0.333. The summed E-state index contributed by atoms with van der Waals surface area (Å²) in [5, 5.41) is 0. The van der Waals surface area contributed by atoms with Crippen molar-refractivity contribution in [2.24, 2.45) is 0 Å². The highest BCUT2D eigenvalue weighted by atomic mass is 32.2. The van der Waals surface area contributed by atoms with Crippen molar-refractivity contribution >= 4 is 29.2 Å². The van der Waals surface area contributed by atoms with E-state index in [-0.39, 0.29) is 10.6 Å². The Kier molecular flexibility index (Phi) is 4.54. The molecule has 78 valence electrons. The van der Waals surface area contributed by atoms with Gasteiger partial charge >= 0.3 is 0 Å². The molecular formula is C9H11F2NS2. The summed E-state index contributed by atoms with van der Waals surface area (Å²) in [4.78, 5) is 0.0632. The number of halogens is 2. The van der Waals surface area contributed by atoms with Crippen LogP contribution in [-0.2, 0) is 0 Å². The summed E-state index contributed by atoms with van der Waals surface area (Å²) in [6.45, 7) is 0. The predicted molar refractivity (Wildman–Crippen MR) is 59.9 cm³/mol. The third-order valence-corrected chi connectivity index (χ3v) is 3.51. The molecule has 0 spiro atoms. The average molecular weight is 235 g/mol. The zero-order chi connectivity index (χ0) is 10.6. The average Bonchev–Trinajstić information content (AvgIpc) is 2.09. The number of rotatable bonds is 4. The molecule has 0 aliphatic rings. The highest BCUT2D eigenvalue weighted by Gasteiger charge is 2.10. The van der Waals surface area contributed by atoms with Crippen LogP contribution in [0.25, 0.3) is 0 Å². The molecule has 0 heterocycles. The normalized spacial score (nSPS) is 10.5. The highest BCUT2D eigenvalue weighted by Crippen LogP contribution is 2.27. The Morgan fingerprint density at radius 2 is 1.79 bits per heavy atom. The van der Waals surface area contributed by atoms with Crippen LogP contribution >= 0.6 is 23.5 Å². The SMILES string of the molecule is CSCCSc1c(F)cc(N)cc1F. The van der Waals surface area contributed by atoms with Gasteiger partial charge in [-0.2, -0.15) is 11.8 Å². The number of nitrogen functional groups attached to an aromatic ring is 1. The fourth-order valence-electron chi connectivity index (χ4n) is 0.944. The number of hydrogen-bond donors (Lipinski definition) is 1. The van der Waals surface area contributed by atoms with Crippen molar-refractivity contribution in [1.82, 2.24) is 0 Å². The molecule has 1 rings (SSSR count). The molecule has 2 N–H and O–H groups in total. The van der Waals surface area contributed by atoms with Crippen molar-refractivity contribution in [2.75, 3.05) is 23.5 Å². The highest BCUT2D eigenvalue weighted by molar-refractivity contribution is 8.02. The van der Waals surface area contributed by atoms with Crippen molar-refractivity contribution in [3.8, 4) is 0 Å². The first-order valence-corrected chi connectivity index (χ1v) is 6.39. The summed E-state index contributed by atoms with van der Waals surface area (Å²) < 4.78 is 26.4. The number of nitrogens with two attached hydrogens (primary N) is 1. The summed E-state index contributed by atoms with van der Waals surface area (Å²) in [5.41, 5.74) is 5.41. The smallest absolute Gasteiger partial charge is 0.141 e. The second-order valence-corrected chi connectivity index (χ2v) is 4.75. The van der Waals surface area contributed by atoms with Gasteiger partial charge < -0.3 is 5.73 Å². The minimum absolute atomic E-state index is 0.0632. The lowest BCUT2D eigenvalue weighted by molar-refractivity contribution is 0.542. The molecule has 14 heavy (non-hydrogen) atoms.